The number of rotatable bonds is 4. The Labute approximate surface area is 105 Å². The number of hydrogen-bond donors (Lipinski definition) is 1. The Kier molecular flexibility index (Phi) is 3.32. The molecule has 0 spiro atoms. The van der Waals surface area contributed by atoms with E-state index in [1.54, 1.807) is 0 Å². The number of aromatic nitrogens is 2. The molecule has 2 rings (SSSR count). The maximum absolute atomic E-state index is 11.0. The predicted molar refractivity (Wildman–Crippen MR) is 66.1 cm³/mol. The van der Waals surface area contributed by atoms with Gasteiger partial charge in [0.2, 0.25) is 0 Å². The van der Waals surface area contributed by atoms with Gasteiger partial charge in [0.05, 0.1) is 6.20 Å². The zero-order chi connectivity index (χ0) is 13.1. The molecule has 0 radical (unpaired) electrons. The second-order valence-corrected chi connectivity index (χ2v) is 3.89. The van der Waals surface area contributed by atoms with Crippen molar-refractivity contribution in [1.29, 1.82) is 0 Å². The molecule has 0 unspecified atom stereocenters. The van der Waals surface area contributed by atoms with Gasteiger partial charge >= 0.3 is 12.0 Å². The van der Waals surface area contributed by atoms with Gasteiger partial charge in [0, 0.05) is 6.54 Å². The molecule has 5 nitrogen and oxygen atoms in total. The Bertz CT molecular complexity index is 558. The monoisotopic (exact) mass is 246 g/mol. The molecule has 1 N–H and O–H groups in total. The van der Waals surface area contributed by atoms with Crippen LogP contribution in [0.25, 0.3) is 0 Å². The first-order valence-corrected chi connectivity index (χ1v) is 5.65. The van der Waals surface area contributed by atoms with E-state index in [-0.39, 0.29) is 5.69 Å². The van der Waals surface area contributed by atoms with Gasteiger partial charge in [0.25, 0.3) is 0 Å². The maximum atomic E-state index is 11.0. The minimum Gasteiger partial charge on any atom is -0.477 e. The van der Waals surface area contributed by atoms with Crippen LogP contribution < -0.4 is 4.74 Å². The Morgan fingerprint density at radius 1 is 1.39 bits per heavy atom. The summed E-state index contributed by atoms with van der Waals surface area (Å²) in [7, 11) is 0. The number of carboxylic acids is 1. The summed E-state index contributed by atoms with van der Waals surface area (Å²) in [6.45, 7) is 4.32. The first kappa shape index (κ1) is 12.2. The Hall–Kier alpha value is -2.30. The number of imidazole rings is 1. The zero-order valence-electron chi connectivity index (χ0n) is 10.3. The van der Waals surface area contributed by atoms with E-state index in [4.69, 9.17) is 9.84 Å². The summed E-state index contributed by atoms with van der Waals surface area (Å²) in [4.78, 5) is 15.0. The van der Waals surface area contributed by atoms with Crippen molar-refractivity contribution in [2.45, 2.75) is 20.4 Å². The molecular weight excluding hydrogens is 232 g/mol. The number of ether oxygens (including phenoxy) is 1. The SMILES string of the molecule is CCn1c(C(=O)O)cnc1Oc1ccc(C)cc1. The van der Waals surface area contributed by atoms with Gasteiger partial charge in [-0.1, -0.05) is 17.7 Å². The van der Waals surface area contributed by atoms with Crippen LogP contribution in [-0.4, -0.2) is 20.6 Å². The van der Waals surface area contributed by atoms with E-state index < -0.39 is 5.97 Å². The van der Waals surface area contributed by atoms with Crippen LogP contribution in [0.4, 0.5) is 0 Å². The van der Waals surface area contributed by atoms with Gasteiger partial charge in [-0.15, -0.1) is 0 Å². The van der Waals surface area contributed by atoms with Crippen LogP contribution in [-0.2, 0) is 6.54 Å². The summed E-state index contributed by atoms with van der Waals surface area (Å²) < 4.78 is 7.09. The van der Waals surface area contributed by atoms with Crippen molar-refractivity contribution in [1.82, 2.24) is 9.55 Å². The average molecular weight is 246 g/mol. The molecule has 0 atom stereocenters. The number of nitrogens with zero attached hydrogens (tertiary/aromatic N) is 2. The molecule has 0 saturated heterocycles. The van der Waals surface area contributed by atoms with Gasteiger partial charge in [-0.25, -0.2) is 9.78 Å². The molecule has 94 valence electrons. The fourth-order valence-electron chi connectivity index (χ4n) is 1.63. The summed E-state index contributed by atoms with van der Waals surface area (Å²) >= 11 is 0. The molecular formula is C13H14N2O3. The molecule has 18 heavy (non-hydrogen) atoms. The first-order valence-electron chi connectivity index (χ1n) is 5.65. The normalized spacial score (nSPS) is 10.3. The average Bonchev–Trinajstić information content (AvgIpc) is 2.75. The van der Waals surface area contributed by atoms with E-state index in [1.807, 2.05) is 38.1 Å². The molecule has 2 aromatic rings. The van der Waals surface area contributed by atoms with Gasteiger partial charge < -0.3 is 9.84 Å². The summed E-state index contributed by atoms with van der Waals surface area (Å²) in [6.07, 6.45) is 1.30. The minimum atomic E-state index is -1.01. The Morgan fingerprint density at radius 3 is 2.61 bits per heavy atom. The van der Waals surface area contributed by atoms with Gasteiger partial charge in [-0.3, -0.25) is 4.57 Å². The highest BCUT2D eigenvalue weighted by molar-refractivity contribution is 5.85. The van der Waals surface area contributed by atoms with Gasteiger partial charge in [-0.05, 0) is 26.0 Å². The lowest BCUT2D eigenvalue weighted by atomic mass is 10.2. The molecule has 0 aliphatic heterocycles. The second-order valence-electron chi connectivity index (χ2n) is 3.89. The van der Waals surface area contributed by atoms with Gasteiger partial charge in [0.1, 0.15) is 11.4 Å². The highest BCUT2D eigenvalue weighted by Gasteiger charge is 2.15. The van der Waals surface area contributed by atoms with Crippen molar-refractivity contribution in [3.63, 3.8) is 0 Å². The molecule has 1 aromatic heterocycles. The molecule has 0 saturated carbocycles. The lowest BCUT2D eigenvalue weighted by Gasteiger charge is -2.08. The van der Waals surface area contributed by atoms with E-state index in [2.05, 4.69) is 4.98 Å². The standard InChI is InChI=1S/C13H14N2O3/c1-3-15-11(12(16)17)8-14-13(15)18-10-6-4-9(2)5-7-10/h4-8H,3H2,1-2H3,(H,16,17). The van der Waals surface area contributed by atoms with Gasteiger partial charge in [0.15, 0.2) is 0 Å². The number of aromatic carboxylic acids is 1. The largest absolute Gasteiger partial charge is 0.477 e. The van der Waals surface area contributed by atoms with E-state index in [1.165, 1.54) is 10.8 Å². The molecule has 1 heterocycles. The fourth-order valence-corrected chi connectivity index (χ4v) is 1.63. The third kappa shape index (κ3) is 2.34. The summed E-state index contributed by atoms with van der Waals surface area (Å²) in [5.74, 6) is -0.374. The number of aryl methyl sites for hydroxylation is 1. The van der Waals surface area contributed by atoms with Crippen molar-refractivity contribution < 1.29 is 14.6 Å². The second kappa shape index (κ2) is 4.91. The lowest BCUT2D eigenvalue weighted by molar-refractivity contribution is 0.0684. The van der Waals surface area contributed by atoms with Crippen LogP contribution in [0.2, 0.25) is 0 Å². The lowest BCUT2D eigenvalue weighted by Crippen LogP contribution is -2.08. The number of carboxylic acid groups (broad SMARTS) is 1. The summed E-state index contributed by atoms with van der Waals surface area (Å²) in [6, 6.07) is 7.78. The number of hydrogen-bond acceptors (Lipinski definition) is 3. The topological polar surface area (TPSA) is 64.4 Å². The van der Waals surface area contributed by atoms with Crippen LogP contribution in [0.1, 0.15) is 23.0 Å². The molecule has 1 aromatic carbocycles. The molecule has 0 bridgehead atoms. The van der Waals surface area contributed by atoms with E-state index in [9.17, 15) is 4.79 Å². The Morgan fingerprint density at radius 2 is 2.06 bits per heavy atom. The van der Waals surface area contributed by atoms with E-state index >= 15 is 0 Å². The smallest absolute Gasteiger partial charge is 0.354 e. The summed E-state index contributed by atoms with van der Waals surface area (Å²) in [5.41, 5.74) is 1.26. The molecule has 0 aliphatic carbocycles. The van der Waals surface area contributed by atoms with E-state index in [0.29, 0.717) is 18.3 Å². The van der Waals surface area contributed by atoms with Crippen LogP contribution in [0, 0.1) is 6.92 Å². The fraction of sp³-hybridized carbons (Fsp3) is 0.231. The quantitative estimate of drug-likeness (QED) is 0.900. The van der Waals surface area contributed by atoms with E-state index in [0.717, 1.165) is 5.56 Å². The van der Waals surface area contributed by atoms with Gasteiger partial charge in [-0.2, -0.15) is 0 Å². The number of benzene rings is 1. The molecule has 5 heteroatoms. The molecule has 0 amide bonds. The van der Waals surface area contributed by atoms with Crippen molar-refractivity contribution in [3.05, 3.63) is 41.7 Å². The van der Waals surface area contributed by atoms with Crippen molar-refractivity contribution >= 4 is 5.97 Å². The Balaban J connectivity index is 2.29. The van der Waals surface area contributed by atoms with Crippen molar-refractivity contribution in [3.8, 4) is 11.8 Å². The van der Waals surface area contributed by atoms with Crippen LogP contribution >= 0.6 is 0 Å². The van der Waals surface area contributed by atoms with Crippen molar-refractivity contribution in [2.24, 2.45) is 0 Å². The van der Waals surface area contributed by atoms with Crippen LogP contribution in [0.5, 0.6) is 11.8 Å². The molecule has 0 fully saturated rings. The maximum Gasteiger partial charge on any atom is 0.354 e. The third-order valence-corrected chi connectivity index (χ3v) is 2.58. The predicted octanol–water partition coefficient (Wildman–Crippen LogP) is 2.70. The highest BCUT2D eigenvalue weighted by Crippen LogP contribution is 2.21. The third-order valence-electron chi connectivity index (χ3n) is 2.58. The van der Waals surface area contributed by atoms with Crippen LogP contribution in [0.3, 0.4) is 0 Å². The first-order chi connectivity index (χ1) is 8.61. The highest BCUT2D eigenvalue weighted by atomic mass is 16.5. The van der Waals surface area contributed by atoms with Crippen molar-refractivity contribution in [2.75, 3.05) is 0 Å². The summed E-state index contributed by atoms with van der Waals surface area (Å²) in [5, 5.41) is 9.00. The zero-order valence-corrected chi connectivity index (χ0v) is 10.3. The molecule has 0 aliphatic rings. The minimum absolute atomic E-state index is 0.125. The van der Waals surface area contributed by atoms with Crippen LogP contribution in [0.15, 0.2) is 30.5 Å². The number of carbonyl (C=O) groups is 1.